The van der Waals surface area contributed by atoms with Crippen LogP contribution in [0.15, 0.2) is 114 Å². The molecule has 0 saturated heterocycles. The number of carbonyl (C=O) groups is 2. The van der Waals surface area contributed by atoms with Gasteiger partial charge >= 0.3 is 5.97 Å². The van der Waals surface area contributed by atoms with E-state index in [1.54, 1.807) is 12.1 Å². The second kappa shape index (κ2) is 12.1. The summed E-state index contributed by atoms with van der Waals surface area (Å²) in [4.78, 5) is 24.2. The van der Waals surface area contributed by atoms with Gasteiger partial charge in [0.05, 0.1) is 18.2 Å². The standard InChI is InChI=1S/C33H29NO5/c35-32(36)16-9-19-38-29-15-8-7-14-27(29)31-21-25-17-18-26(22-30(25)39-31)33(37)34-28(24-12-5-2-6-13-24)20-23-10-3-1-4-11-23/h1-8,10-15,17-18,21-22,28H,9,16,19-20H2,(H,34,37)(H,35,36). The molecule has 0 saturated carbocycles. The van der Waals surface area contributed by atoms with Crippen molar-refractivity contribution in [3.8, 4) is 17.1 Å². The van der Waals surface area contributed by atoms with Crippen molar-refractivity contribution >= 4 is 22.8 Å². The van der Waals surface area contributed by atoms with E-state index >= 15 is 0 Å². The minimum Gasteiger partial charge on any atom is -0.493 e. The molecule has 2 N–H and O–H groups in total. The number of nitrogens with one attached hydrogen (secondary N) is 1. The topological polar surface area (TPSA) is 88.8 Å². The molecule has 5 aromatic rings. The van der Waals surface area contributed by atoms with Crippen molar-refractivity contribution in [3.05, 3.63) is 126 Å². The van der Waals surface area contributed by atoms with E-state index in [0.29, 0.717) is 42.1 Å². The first kappa shape index (κ1) is 25.8. The van der Waals surface area contributed by atoms with Crippen LogP contribution in [-0.4, -0.2) is 23.6 Å². The molecule has 39 heavy (non-hydrogen) atoms. The van der Waals surface area contributed by atoms with Crippen LogP contribution in [0.1, 0.15) is 40.4 Å². The fourth-order valence-electron chi connectivity index (χ4n) is 4.54. The lowest BCUT2D eigenvalue weighted by molar-refractivity contribution is -0.137. The van der Waals surface area contributed by atoms with E-state index in [0.717, 1.165) is 22.1 Å². The molecule has 6 nitrogen and oxygen atoms in total. The molecule has 0 aliphatic carbocycles. The van der Waals surface area contributed by atoms with Gasteiger partial charge in [-0.1, -0.05) is 78.9 Å². The van der Waals surface area contributed by atoms with Crippen LogP contribution in [0.4, 0.5) is 0 Å². The summed E-state index contributed by atoms with van der Waals surface area (Å²) in [7, 11) is 0. The third kappa shape index (κ3) is 6.54. The Morgan fingerprint density at radius 1 is 0.846 bits per heavy atom. The number of carbonyl (C=O) groups excluding carboxylic acids is 1. The largest absolute Gasteiger partial charge is 0.493 e. The number of furan rings is 1. The first-order valence-electron chi connectivity index (χ1n) is 12.9. The second-order valence-electron chi connectivity index (χ2n) is 9.33. The van der Waals surface area contributed by atoms with E-state index in [-0.39, 0.29) is 18.4 Å². The van der Waals surface area contributed by atoms with Crippen LogP contribution in [0.2, 0.25) is 0 Å². The molecule has 1 atom stereocenters. The number of para-hydroxylation sites is 1. The minimum atomic E-state index is -0.848. The van der Waals surface area contributed by atoms with Gasteiger partial charge in [-0.15, -0.1) is 0 Å². The Morgan fingerprint density at radius 3 is 2.33 bits per heavy atom. The fraction of sp³-hybridized carbons (Fsp3) is 0.152. The van der Waals surface area contributed by atoms with Gasteiger partial charge in [0.25, 0.3) is 5.91 Å². The van der Waals surface area contributed by atoms with E-state index in [2.05, 4.69) is 17.4 Å². The molecule has 0 radical (unpaired) electrons. The van der Waals surface area contributed by atoms with Crippen LogP contribution in [0.25, 0.3) is 22.3 Å². The Balaban J connectivity index is 1.35. The van der Waals surface area contributed by atoms with E-state index in [4.69, 9.17) is 14.3 Å². The Bertz CT molecular complexity index is 1560. The van der Waals surface area contributed by atoms with Crippen LogP contribution < -0.4 is 10.1 Å². The molecular weight excluding hydrogens is 490 g/mol. The molecule has 0 aliphatic rings. The predicted octanol–water partition coefficient (Wildman–Crippen LogP) is 7.06. The van der Waals surface area contributed by atoms with Crippen LogP contribution in [-0.2, 0) is 11.2 Å². The highest BCUT2D eigenvalue weighted by Crippen LogP contribution is 2.34. The van der Waals surface area contributed by atoms with Crippen molar-refractivity contribution < 1.29 is 23.8 Å². The number of amides is 1. The maximum absolute atomic E-state index is 13.4. The summed E-state index contributed by atoms with van der Waals surface area (Å²) in [6.07, 6.45) is 1.14. The third-order valence-electron chi connectivity index (χ3n) is 6.52. The van der Waals surface area contributed by atoms with Gasteiger partial charge in [-0.3, -0.25) is 9.59 Å². The highest BCUT2D eigenvalue weighted by molar-refractivity contribution is 5.98. The number of ether oxygens (including phenoxy) is 1. The molecule has 1 aromatic heterocycles. The van der Waals surface area contributed by atoms with Gasteiger partial charge in [-0.25, -0.2) is 0 Å². The van der Waals surface area contributed by atoms with Crippen molar-refractivity contribution in [1.82, 2.24) is 5.32 Å². The van der Waals surface area contributed by atoms with Crippen molar-refractivity contribution in [2.45, 2.75) is 25.3 Å². The average molecular weight is 520 g/mol. The van der Waals surface area contributed by atoms with Gasteiger partial charge in [-0.05, 0) is 54.3 Å². The lowest BCUT2D eigenvalue weighted by Gasteiger charge is -2.19. The molecule has 5 rings (SSSR count). The molecule has 4 aromatic carbocycles. The van der Waals surface area contributed by atoms with Gasteiger partial charge in [-0.2, -0.15) is 0 Å². The number of benzene rings is 4. The van der Waals surface area contributed by atoms with Crippen molar-refractivity contribution in [2.75, 3.05) is 6.61 Å². The summed E-state index contributed by atoms with van der Waals surface area (Å²) in [5.74, 6) is 0.204. The monoisotopic (exact) mass is 519 g/mol. The molecule has 1 heterocycles. The lowest BCUT2D eigenvalue weighted by atomic mass is 9.98. The predicted molar refractivity (Wildman–Crippen MR) is 151 cm³/mol. The summed E-state index contributed by atoms with van der Waals surface area (Å²) < 4.78 is 12.0. The van der Waals surface area contributed by atoms with Gasteiger partial charge in [0.1, 0.15) is 17.1 Å². The maximum atomic E-state index is 13.4. The van der Waals surface area contributed by atoms with E-state index in [1.807, 2.05) is 84.9 Å². The van der Waals surface area contributed by atoms with E-state index in [1.165, 1.54) is 0 Å². The number of rotatable bonds is 11. The van der Waals surface area contributed by atoms with Crippen LogP contribution in [0.5, 0.6) is 5.75 Å². The van der Waals surface area contributed by atoms with E-state index in [9.17, 15) is 9.59 Å². The smallest absolute Gasteiger partial charge is 0.303 e. The summed E-state index contributed by atoms with van der Waals surface area (Å²) >= 11 is 0. The van der Waals surface area contributed by atoms with Crippen LogP contribution in [0.3, 0.4) is 0 Å². The number of hydrogen-bond donors (Lipinski definition) is 2. The Kier molecular flexibility index (Phi) is 8.03. The SMILES string of the molecule is O=C(O)CCCOc1ccccc1-c1cc2ccc(C(=O)NC(Cc3ccccc3)c3ccccc3)cc2o1. The maximum Gasteiger partial charge on any atom is 0.303 e. The van der Waals surface area contributed by atoms with Crippen molar-refractivity contribution in [1.29, 1.82) is 0 Å². The van der Waals surface area contributed by atoms with Crippen LogP contribution in [0, 0.1) is 0 Å². The Hall–Kier alpha value is -4.84. The van der Waals surface area contributed by atoms with Gasteiger partial charge in [0.15, 0.2) is 0 Å². The van der Waals surface area contributed by atoms with Crippen molar-refractivity contribution in [3.63, 3.8) is 0 Å². The summed E-state index contributed by atoms with van der Waals surface area (Å²) in [5.41, 5.74) is 4.05. The summed E-state index contributed by atoms with van der Waals surface area (Å²) in [5, 5.41) is 12.9. The number of carboxylic acids is 1. The molecule has 6 heteroatoms. The zero-order valence-corrected chi connectivity index (χ0v) is 21.4. The Morgan fingerprint density at radius 2 is 1.56 bits per heavy atom. The molecule has 0 spiro atoms. The molecule has 0 bridgehead atoms. The fourth-order valence-corrected chi connectivity index (χ4v) is 4.54. The van der Waals surface area contributed by atoms with Gasteiger partial charge in [0, 0.05) is 17.4 Å². The number of aliphatic carboxylic acids is 1. The second-order valence-corrected chi connectivity index (χ2v) is 9.33. The average Bonchev–Trinajstić information content (AvgIpc) is 3.39. The highest BCUT2D eigenvalue weighted by atomic mass is 16.5. The molecular formula is C33H29NO5. The highest BCUT2D eigenvalue weighted by Gasteiger charge is 2.18. The lowest BCUT2D eigenvalue weighted by Crippen LogP contribution is -2.30. The number of fused-ring (bicyclic) bond motifs is 1. The molecule has 0 fully saturated rings. The molecule has 0 aliphatic heterocycles. The zero-order chi connectivity index (χ0) is 27.0. The first-order chi connectivity index (χ1) is 19.1. The summed E-state index contributed by atoms with van der Waals surface area (Å²) in [6.45, 7) is 0.291. The third-order valence-corrected chi connectivity index (χ3v) is 6.52. The quantitative estimate of drug-likeness (QED) is 0.182. The Labute approximate surface area is 226 Å². The zero-order valence-electron chi connectivity index (χ0n) is 21.4. The first-order valence-corrected chi connectivity index (χ1v) is 12.9. The number of hydrogen-bond acceptors (Lipinski definition) is 4. The van der Waals surface area contributed by atoms with Crippen molar-refractivity contribution in [2.24, 2.45) is 0 Å². The minimum absolute atomic E-state index is 0.0497. The number of carboxylic acid groups (broad SMARTS) is 1. The molecule has 196 valence electrons. The van der Waals surface area contributed by atoms with Gasteiger partial charge < -0.3 is 19.6 Å². The van der Waals surface area contributed by atoms with Crippen LogP contribution >= 0.6 is 0 Å². The molecule has 1 amide bonds. The summed E-state index contributed by atoms with van der Waals surface area (Å²) in [6, 6.07) is 34.7. The van der Waals surface area contributed by atoms with E-state index < -0.39 is 5.97 Å². The normalized spacial score (nSPS) is 11.7. The van der Waals surface area contributed by atoms with Gasteiger partial charge in [0.2, 0.25) is 0 Å². The molecule has 1 unspecified atom stereocenters.